The van der Waals surface area contributed by atoms with Crippen LogP contribution in [0.15, 0.2) is 53.5 Å². The maximum Gasteiger partial charge on any atom is 0.191 e. The third kappa shape index (κ3) is 6.03. The molecule has 3 N–H and O–H groups in total. The number of guanidine groups is 1. The molecule has 25 heavy (non-hydrogen) atoms. The first-order valence-electron chi connectivity index (χ1n) is 8.49. The van der Waals surface area contributed by atoms with Crippen LogP contribution in [-0.2, 0) is 13.0 Å². The Labute approximate surface area is 149 Å². The third-order valence-electron chi connectivity index (χ3n) is 4.05. The number of methoxy groups -OCH3 is 1. The molecule has 2 aromatic rings. The fourth-order valence-electron chi connectivity index (χ4n) is 2.54. The van der Waals surface area contributed by atoms with E-state index in [1.807, 2.05) is 12.1 Å². The highest BCUT2D eigenvalue weighted by Gasteiger charge is 2.08. The maximum absolute atomic E-state index is 9.95. The van der Waals surface area contributed by atoms with E-state index in [1.54, 1.807) is 26.3 Å². The smallest absolute Gasteiger partial charge is 0.191 e. The van der Waals surface area contributed by atoms with Gasteiger partial charge in [0.05, 0.1) is 7.11 Å². The van der Waals surface area contributed by atoms with E-state index in [-0.39, 0.29) is 11.8 Å². The Hall–Kier alpha value is -2.69. The van der Waals surface area contributed by atoms with E-state index >= 15 is 0 Å². The fourth-order valence-corrected chi connectivity index (χ4v) is 2.54. The van der Waals surface area contributed by atoms with E-state index in [2.05, 4.69) is 46.8 Å². The molecule has 0 saturated carbocycles. The molecule has 0 heterocycles. The zero-order valence-electron chi connectivity index (χ0n) is 15.1. The summed E-state index contributed by atoms with van der Waals surface area (Å²) < 4.78 is 5.20. The van der Waals surface area contributed by atoms with Crippen molar-refractivity contribution in [2.24, 2.45) is 4.99 Å². The van der Waals surface area contributed by atoms with Crippen molar-refractivity contribution in [3.8, 4) is 11.5 Å². The first-order chi connectivity index (χ1) is 12.1. The van der Waals surface area contributed by atoms with Crippen LogP contribution in [0.1, 0.15) is 24.5 Å². The summed E-state index contributed by atoms with van der Waals surface area (Å²) in [5.41, 5.74) is 2.10. The van der Waals surface area contributed by atoms with Crippen LogP contribution >= 0.6 is 0 Å². The molecule has 5 nitrogen and oxygen atoms in total. The minimum atomic E-state index is 0.237. The number of nitrogens with one attached hydrogen (secondary N) is 2. The summed E-state index contributed by atoms with van der Waals surface area (Å²) in [6.07, 6.45) is 2.03. The van der Waals surface area contributed by atoms with E-state index in [1.165, 1.54) is 5.56 Å². The summed E-state index contributed by atoms with van der Waals surface area (Å²) in [5.74, 6) is 1.66. The Morgan fingerprint density at radius 2 is 1.96 bits per heavy atom. The largest absolute Gasteiger partial charge is 0.508 e. The van der Waals surface area contributed by atoms with E-state index in [4.69, 9.17) is 4.74 Å². The van der Waals surface area contributed by atoms with Crippen molar-refractivity contribution in [2.75, 3.05) is 14.2 Å². The number of hydrogen-bond donors (Lipinski definition) is 3. The number of aliphatic imine (C=N–C) groups is 1. The average molecular weight is 341 g/mol. The van der Waals surface area contributed by atoms with Crippen LogP contribution in [0, 0.1) is 0 Å². The second-order valence-corrected chi connectivity index (χ2v) is 5.99. The van der Waals surface area contributed by atoms with Gasteiger partial charge in [0.25, 0.3) is 0 Å². The van der Waals surface area contributed by atoms with Crippen LogP contribution < -0.4 is 15.4 Å². The molecule has 0 aliphatic rings. The van der Waals surface area contributed by atoms with Gasteiger partial charge >= 0.3 is 0 Å². The van der Waals surface area contributed by atoms with Gasteiger partial charge in [0.1, 0.15) is 11.5 Å². The molecule has 0 spiro atoms. The van der Waals surface area contributed by atoms with E-state index in [0.29, 0.717) is 18.3 Å². The molecule has 0 aliphatic carbocycles. The van der Waals surface area contributed by atoms with Crippen molar-refractivity contribution in [3.63, 3.8) is 0 Å². The standard InChI is InChI=1S/C20H27N3O2/c1-15(9-10-16-7-5-4-6-8-16)23-20(21-2)22-14-17-13-18(25-3)11-12-19(17)24/h4-8,11-13,15,24H,9-10,14H2,1-3H3,(H2,21,22,23). The van der Waals surface area contributed by atoms with Crippen LogP contribution in [0.3, 0.4) is 0 Å². The van der Waals surface area contributed by atoms with Gasteiger partial charge in [-0.25, -0.2) is 0 Å². The zero-order chi connectivity index (χ0) is 18.1. The number of rotatable bonds is 7. The molecule has 2 aromatic carbocycles. The molecule has 0 aromatic heterocycles. The normalized spacial score (nSPS) is 12.5. The SMILES string of the molecule is CN=C(NCc1cc(OC)ccc1O)NC(C)CCc1ccccc1. The number of hydrogen-bond acceptors (Lipinski definition) is 3. The van der Waals surface area contributed by atoms with Gasteiger partial charge in [-0.3, -0.25) is 4.99 Å². The Morgan fingerprint density at radius 3 is 2.64 bits per heavy atom. The minimum absolute atomic E-state index is 0.237. The lowest BCUT2D eigenvalue weighted by atomic mass is 10.1. The highest BCUT2D eigenvalue weighted by molar-refractivity contribution is 5.80. The molecule has 0 bridgehead atoms. The average Bonchev–Trinajstić information content (AvgIpc) is 2.65. The second kappa shape index (κ2) is 9.57. The molecule has 2 rings (SSSR count). The molecule has 0 aliphatic heterocycles. The molecule has 5 heteroatoms. The summed E-state index contributed by atoms with van der Waals surface area (Å²) in [7, 11) is 3.35. The summed E-state index contributed by atoms with van der Waals surface area (Å²) >= 11 is 0. The minimum Gasteiger partial charge on any atom is -0.508 e. The molecular weight excluding hydrogens is 314 g/mol. The summed E-state index contributed by atoms with van der Waals surface area (Å²) in [6.45, 7) is 2.60. The van der Waals surface area contributed by atoms with Gasteiger partial charge in [-0.2, -0.15) is 0 Å². The van der Waals surface area contributed by atoms with Crippen LogP contribution in [0.5, 0.6) is 11.5 Å². The predicted octanol–water partition coefficient (Wildman–Crippen LogP) is 3.09. The highest BCUT2D eigenvalue weighted by atomic mass is 16.5. The summed E-state index contributed by atoms with van der Waals surface area (Å²) in [6, 6.07) is 15.9. The third-order valence-corrected chi connectivity index (χ3v) is 4.05. The van der Waals surface area contributed by atoms with Crippen molar-refractivity contribution >= 4 is 5.96 Å². The lowest BCUT2D eigenvalue weighted by Gasteiger charge is -2.18. The van der Waals surface area contributed by atoms with Gasteiger partial charge < -0.3 is 20.5 Å². The van der Waals surface area contributed by atoms with Gasteiger partial charge in [-0.05, 0) is 43.5 Å². The van der Waals surface area contributed by atoms with Crippen LogP contribution in [-0.4, -0.2) is 31.3 Å². The molecule has 134 valence electrons. The zero-order valence-corrected chi connectivity index (χ0v) is 15.1. The molecule has 0 fully saturated rings. The number of benzene rings is 2. The van der Waals surface area contributed by atoms with E-state index < -0.39 is 0 Å². The molecule has 0 radical (unpaired) electrons. The Morgan fingerprint density at radius 1 is 1.20 bits per heavy atom. The summed E-state index contributed by atoms with van der Waals surface area (Å²) in [5, 5.41) is 16.6. The number of phenols is 1. The molecule has 1 unspecified atom stereocenters. The van der Waals surface area contributed by atoms with Crippen LogP contribution in [0.4, 0.5) is 0 Å². The van der Waals surface area contributed by atoms with Gasteiger partial charge in [0.2, 0.25) is 0 Å². The fraction of sp³-hybridized carbons (Fsp3) is 0.350. The number of phenolic OH excluding ortho intramolecular Hbond substituents is 1. The summed E-state index contributed by atoms with van der Waals surface area (Å²) in [4.78, 5) is 4.25. The van der Waals surface area contributed by atoms with Crippen LogP contribution in [0.2, 0.25) is 0 Å². The maximum atomic E-state index is 9.95. The lowest BCUT2D eigenvalue weighted by molar-refractivity contribution is 0.410. The first-order valence-corrected chi connectivity index (χ1v) is 8.49. The van der Waals surface area contributed by atoms with E-state index in [0.717, 1.165) is 18.4 Å². The molecular formula is C20H27N3O2. The number of aromatic hydroxyl groups is 1. The number of nitrogens with zero attached hydrogens (tertiary/aromatic N) is 1. The highest BCUT2D eigenvalue weighted by Crippen LogP contribution is 2.22. The second-order valence-electron chi connectivity index (χ2n) is 5.99. The van der Waals surface area contributed by atoms with Gasteiger partial charge in [-0.1, -0.05) is 30.3 Å². The van der Waals surface area contributed by atoms with Gasteiger partial charge in [0.15, 0.2) is 5.96 Å². The van der Waals surface area contributed by atoms with E-state index in [9.17, 15) is 5.11 Å². The predicted molar refractivity (Wildman–Crippen MR) is 102 cm³/mol. The van der Waals surface area contributed by atoms with Gasteiger partial charge in [0, 0.05) is 25.2 Å². The van der Waals surface area contributed by atoms with Crippen molar-refractivity contribution < 1.29 is 9.84 Å². The molecule has 0 amide bonds. The Bertz CT molecular complexity index is 687. The van der Waals surface area contributed by atoms with Crippen LogP contribution in [0.25, 0.3) is 0 Å². The van der Waals surface area contributed by atoms with Crippen molar-refractivity contribution in [3.05, 3.63) is 59.7 Å². The quantitative estimate of drug-likeness (QED) is 0.535. The Balaban J connectivity index is 1.84. The molecule has 1 atom stereocenters. The first kappa shape index (κ1) is 18.6. The number of aryl methyl sites for hydroxylation is 1. The monoisotopic (exact) mass is 341 g/mol. The lowest BCUT2D eigenvalue weighted by Crippen LogP contribution is -2.42. The van der Waals surface area contributed by atoms with Crippen molar-refractivity contribution in [1.29, 1.82) is 0 Å². The van der Waals surface area contributed by atoms with Crippen molar-refractivity contribution in [1.82, 2.24) is 10.6 Å². The number of ether oxygens (including phenoxy) is 1. The molecule has 0 saturated heterocycles. The van der Waals surface area contributed by atoms with Gasteiger partial charge in [-0.15, -0.1) is 0 Å². The Kier molecular flexibility index (Phi) is 7.14. The topological polar surface area (TPSA) is 65.9 Å². The van der Waals surface area contributed by atoms with Crippen molar-refractivity contribution in [2.45, 2.75) is 32.4 Å².